The van der Waals surface area contributed by atoms with Gasteiger partial charge in [0.25, 0.3) is 0 Å². The Morgan fingerprint density at radius 3 is 2.60 bits per heavy atom. The van der Waals surface area contributed by atoms with Gasteiger partial charge in [-0.15, -0.1) is 0 Å². The molecule has 2 aliphatic rings. The molecule has 0 saturated heterocycles. The molecule has 0 heterocycles. The number of likely N-dealkylation sites (N-methyl/N-ethyl adjacent to an activating group) is 1. The highest BCUT2D eigenvalue weighted by molar-refractivity contribution is 5.12. The number of nitrogens with one attached hydrogen (secondary N) is 1. The molecule has 0 aromatic rings. The van der Waals surface area contributed by atoms with Crippen LogP contribution in [0.2, 0.25) is 0 Å². The molecule has 0 aromatic carbocycles. The topological polar surface area (TPSA) is 12.0 Å². The van der Waals surface area contributed by atoms with Crippen LogP contribution in [0.4, 0.5) is 0 Å². The average molecular weight is 207 g/mol. The maximum absolute atomic E-state index is 3.63. The van der Waals surface area contributed by atoms with Gasteiger partial charge in [0.2, 0.25) is 0 Å². The second kappa shape index (κ2) is 4.69. The van der Waals surface area contributed by atoms with E-state index >= 15 is 0 Å². The van der Waals surface area contributed by atoms with Crippen LogP contribution in [0.25, 0.3) is 0 Å². The van der Waals surface area contributed by atoms with Crippen LogP contribution in [0.3, 0.4) is 0 Å². The molecule has 3 atom stereocenters. The van der Waals surface area contributed by atoms with Gasteiger partial charge in [0, 0.05) is 5.54 Å². The monoisotopic (exact) mass is 207 g/mol. The van der Waals surface area contributed by atoms with Crippen LogP contribution in [0.15, 0.2) is 12.2 Å². The van der Waals surface area contributed by atoms with E-state index in [0.29, 0.717) is 5.54 Å². The molecule has 0 aliphatic heterocycles. The van der Waals surface area contributed by atoms with E-state index in [1.54, 1.807) is 0 Å². The second-order valence-corrected chi connectivity index (χ2v) is 5.33. The van der Waals surface area contributed by atoms with E-state index in [1.807, 2.05) is 0 Å². The Morgan fingerprint density at radius 2 is 1.87 bits per heavy atom. The molecule has 0 spiro atoms. The molecule has 2 saturated carbocycles. The Kier molecular flexibility index (Phi) is 3.50. The third-order valence-electron chi connectivity index (χ3n) is 4.67. The van der Waals surface area contributed by atoms with Gasteiger partial charge in [-0.05, 0) is 38.6 Å². The van der Waals surface area contributed by atoms with Crippen LogP contribution >= 0.6 is 0 Å². The Hall–Kier alpha value is -0.300. The van der Waals surface area contributed by atoms with Crippen molar-refractivity contribution in [2.45, 2.75) is 57.4 Å². The minimum Gasteiger partial charge on any atom is -0.311 e. The van der Waals surface area contributed by atoms with Crippen molar-refractivity contribution in [1.82, 2.24) is 5.32 Å². The summed E-state index contributed by atoms with van der Waals surface area (Å²) in [6.07, 6.45) is 14.7. The number of hydrogen-bond acceptors (Lipinski definition) is 1. The molecule has 2 aliphatic carbocycles. The van der Waals surface area contributed by atoms with E-state index in [0.717, 1.165) is 11.8 Å². The van der Waals surface area contributed by atoms with E-state index in [4.69, 9.17) is 0 Å². The predicted molar refractivity (Wildman–Crippen MR) is 65.9 cm³/mol. The summed E-state index contributed by atoms with van der Waals surface area (Å²) >= 11 is 0. The maximum Gasteiger partial charge on any atom is 0.0392 e. The van der Waals surface area contributed by atoms with Crippen LogP contribution in [-0.2, 0) is 0 Å². The molecule has 0 bridgehead atoms. The van der Waals surface area contributed by atoms with Crippen molar-refractivity contribution in [2.24, 2.45) is 11.8 Å². The molecule has 1 N–H and O–H groups in total. The summed E-state index contributed by atoms with van der Waals surface area (Å²) in [5.41, 5.74) is 0.331. The van der Waals surface area contributed by atoms with E-state index in [2.05, 4.69) is 31.4 Å². The third-order valence-corrected chi connectivity index (χ3v) is 4.67. The zero-order valence-electron chi connectivity index (χ0n) is 10.3. The van der Waals surface area contributed by atoms with Crippen molar-refractivity contribution < 1.29 is 0 Å². The maximum atomic E-state index is 3.63. The SMILES string of the molecule is CC=C[C@@]1(NC)CCC[C@H]2CCCC[C@@H]21. The van der Waals surface area contributed by atoms with Gasteiger partial charge in [-0.25, -0.2) is 0 Å². The summed E-state index contributed by atoms with van der Waals surface area (Å²) in [5.74, 6) is 1.90. The zero-order valence-corrected chi connectivity index (χ0v) is 10.3. The Labute approximate surface area is 94.3 Å². The standard InChI is InChI=1S/C14H25N/c1-3-10-14(15-2)11-6-8-12-7-4-5-9-13(12)14/h3,10,12-13,15H,4-9,11H2,1-2H3/t12-,13+,14-/m1/s1. The quantitative estimate of drug-likeness (QED) is 0.683. The largest absolute Gasteiger partial charge is 0.311 e. The fourth-order valence-electron chi connectivity index (χ4n) is 3.97. The molecule has 0 aromatic heterocycles. The highest BCUT2D eigenvalue weighted by Gasteiger charge is 2.43. The van der Waals surface area contributed by atoms with Gasteiger partial charge < -0.3 is 5.32 Å². The first-order valence-corrected chi connectivity index (χ1v) is 6.65. The average Bonchev–Trinajstić information content (AvgIpc) is 2.30. The van der Waals surface area contributed by atoms with Gasteiger partial charge in [0.15, 0.2) is 0 Å². The third kappa shape index (κ3) is 1.99. The molecule has 15 heavy (non-hydrogen) atoms. The summed E-state index contributed by atoms with van der Waals surface area (Å²) in [7, 11) is 2.15. The van der Waals surface area contributed by atoms with Crippen LogP contribution in [0.1, 0.15) is 51.9 Å². The van der Waals surface area contributed by atoms with Crippen molar-refractivity contribution in [1.29, 1.82) is 0 Å². The molecule has 0 unspecified atom stereocenters. The Balaban J connectivity index is 2.20. The van der Waals surface area contributed by atoms with Crippen molar-refractivity contribution in [2.75, 3.05) is 7.05 Å². The molecule has 86 valence electrons. The molecule has 0 radical (unpaired) electrons. The number of rotatable bonds is 2. The van der Waals surface area contributed by atoms with Gasteiger partial charge in [-0.2, -0.15) is 0 Å². The second-order valence-electron chi connectivity index (χ2n) is 5.33. The molecule has 1 heteroatoms. The molecular formula is C14H25N. The highest BCUT2D eigenvalue weighted by atomic mass is 15.0. The van der Waals surface area contributed by atoms with Crippen molar-refractivity contribution in [3.63, 3.8) is 0 Å². The first-order valence-electron chi connectivity index (χ1n) is 6.65. The van der Waals surface area contributed by atoms with Crippen LogP contribution in [0, 0.1) is 11.8 Å². The van der Waals surface area contributed by atoms with Crippen LogP contribution in [-0.4, -0.2) is 12.6 Å². The van der Waals surface area contributed by atoms with Gasteiger partial charge in [-0.3, -0.25) is 0 Å². The summed E-state index contributed by atoms with van der Waals surface area (Å²) in [4.78, 5) is 0. The summed E-state index contributed by atoms with van der Waals surface area (Å²) in [6.45, 7) is 2.16. The fourth-order valence-corrected chi connectivity index (χ4v) is 3.97. The molecule has 1 nitrogen and oxygen atoms in total. The van der Waals surface area contributed by atoms with E-state index in [-0.39, 0.29) is 0 Å². The lowest BCUT2D eigenvalue weighted by molar-refractivity contribution is 0.0859. The van der Waals surface area contributed by atoms with Gasteiger partial charge in [0.1, 0.15) is 0 Å². The van der Waals surface area contributed by atoms with Crippen molar-refractivity contribution in [3.8, 4) is 0 Å². The predicted octanol–water partition coefficient (Wildman–Crippen LogP) is 3.51. The molecular weight excluding hydrogens is 182 g/mol. The summed E-state index contributed by atoms with van der Waals surface area (Å²) in [5, 5.41) is 3.63. The number of hydrogen-bond donors (Lipinski definition) is 1. The van der Waals surface area contributed by atoms with Crippen LogP contribution in [0.5, 0.6) is 0 Å². The minimum atomic E-state index is 0.331. The van der Waals surface area contributed by atoms with Crippen molar-refractivity contribution >= 4 is 0 Å². The molecule has 0 amide bonds. The Bertz CT molecular complexity index is 231. The number of allylic oxidation sites excluding steroid dienone is 1. The van der Waals surface area contributed by atoms with Gasteiger partial charge >= 0.3 is 0 Å². The highest BCUT2D eigenvalue weighted by Crippen LogP contribution is 2.46. The first-order chi connectivity index (χ1) is 7.32. The van der Waals surface area contributed by atoms with E-state index in [9.17, 15) is 0 Å². The van der Waals surface area contributed by atoms with Crippen LogP contribution < -0.4 is 5.32 Å². The normalized spacial score (nSPS) is 41.7. The zero-order chi connectivity index (χ0) is 10.7. The lowest BCUT2D eigenvalue weighted by atomic mass is 9.61. The Morgan fingerprint density at radius 1 is 1.13 bits per heavy atom. The van der Waals surface area contributed by atoms with E-state index in [1.165, 1.54) is 44.9 Å². The van der Waals surface area contributed by atoms with Gasteiger partial charge in [0.05, 0.1) is 0 Å². The molecule has 2 fully saturated rings. The first kappa shape index (κ1) is 11.2. The molecule has 2 rings (SSSR count). The lowest BCUT2D eigenvalue weighted by Gasteiger charge is -2.49. The summed E-state index contributed by atoms with van der Waals surface area (Å²) in [6, 6.07) is 0. The lowest BCUT2D eigenvalue weighted by Crippen LogP contribution is -2.53. The minimum absolute atomic E-state index is 0.331. The van der Waals surface area contributed by atoms with Gasteiger partial charge in [-0.1, -0.05) is 44.3 Å². The number of fused-ring (bicyclic) bond motifs is 1. The fraction of sp³-hybridized carbons (Fsp3) is 0.857. The summed E-state index contributed by atoms with van der Waals surface area (Å²) < 4.78 is 0. The smallest absolute Gasteiger partial charge is 0.0392 e. The van der Waals surface area contributed by atoms with E-state index < -0.39 is 0 Å². The van der Waals surface area contributed by atoms with Crippen molar-refractivity contribution in [3.05, 3.63) is 12.2 Å².